The van der Waals surface area contributed by atoms with Crippen molar-refractivity contribution in [3.05, 3.63) is 60.8 Å². The van der Waals surface area contributed by atoms with Crippen molar-refractivity contribution < 1.29 is 37.3 Å². The van der Waals surface area contributed by atoms with E-state index in [-0.39, 0.29) is 32.2 Å². The molecule has 0 aliphatic heterocycles. The van der Waals surface area contributed by atoms with Crippen LogP contribution >= 0.6 is 7.82 Å². The van der Waals surface area contributed by atoms with E-state index < -0.39 is 13.9 Å². The van der Waals surface area contributed by atoms with Gasteiger partial charge in [0.1, 0.15) is 19.3 Å². The topological polar surface area (TPSA) is 91.3 Å². The van der Waals surface area contributed by atoms with Crippen LogP contribution in [0.2, 0.25) is 0 Å². The highest BCUT2D eigenvalue weighted by atomic mass is 31.2. The first-order valence-electron chi connectivity index (χ1n) is 25.0. The zero-order valence-electron chi connectivity index (χ0n) is 40.4. The SMILES string of the molecule is CC/C=C\C/C=C\C/C=C\C/C=C\CCCCC(=O)OC(COCCCCCCCCCCCCCC/C=C\CCCCCCCCCC)COP(=O)(O)OCC[N+](C)(C)C. The largest absolute Gasteiger partial charge is 0.472 e. The predicted molar refractivity (Wildman–Crippen MR) is 261 cm³/mol. The molecule has 0 fully saturated rings. The molecule has 1 N–H and O–H groups in total. The Balaban J connectivity index is 4.14. The minimum Gasteiger partial charge on any atom is -0.457 e. The van der Waals surface area contributed by atoms with Crippen LogP contribution in [0.1, 0.15) is 206 Å². The number of nitrogens with zero attached hydrogens (tertiary/aromatic N) is 1. The molecule has 0 spiro atoms. The van der Waals surface area contributed by atoms with E-state index in [0.29, 0.717) is 24.1 Å². The van der Waals surface area contributed by atoms with Gasteiger partial charge in [-0.3, -0.25) is 13.8 Å². The van der Waals surface area contributed by atoms with Crippen molar-refractivity contribution in [1.29, 1.82) is 0 Å². The zero-order valence-corrected chi connectivity index (χ0v) is 41.3. The molecule has 0 rings (SSSR count). The van der Waals surface area contributed by atoms with Gasteiger partial charge >= 0.3 is 13.8 Å². The second kappa shape index (κ2) is 44.8. The van der Waals surface area contributed by atoms with Crippen molar-refractivity contribution in [2.24, 2.45) is 0 Å². The molecule has 61 heavy (non-hydrogen) atoms. The Kier molecular flexibility index (Phi) is 43.5. The quantitative estimate of drug-likeness (QED) is 0.0214. The number of hydrogen-bond acceptors (Lipinski definition) is 6. The monoisotopic (exact) mass is 879 g/mol. The van der Waals surface area contributed by atoms with Crippen LogP contribution in [0.4, 0.5) is 0 Å². The third-order valence-electron chi connectivity index (χ3n) is 10.6. The lowest BCUT2D eigenvalue weighted by molar-refractivity contribution is -0.870. The van der Waals surface area contributed by atoms with Crippen LogP contribution in [-0.2, 0) is 27.9 Å². The van der Waals surface area contributed by atoms with Crippen LogP contribution < -0.4 is 0 Å². The number of phosphoric acid groups is 1. The van der Waals surface area contributed by atoms with Gasteiger partial charge in [0.15, 0.2) is 0 Å². The van der Waals surface area contributed by atoms with Crippen LogP contribution in [0.5, 0.6) is 0 Å². The van der Waals surface area contributed by atoms with Crippen molar-refractivity contribution in [2.75, 3.05) is 54.1 Å². The van der Waals surface area contributed by atoms with Crippen molar-refractivity contribution in [3.63, 3.8) is 0 Å². The summed E-state index contributed by atoms with van der Waals surface area (Å²) < 4.78 is 35.0. The van der Waals surface area contributed by atoms with E-state index in [1.54, 1.807) is 0 Å². The van der Waals surface area contributed by atoms with E-state index in [1.165, 1.54) is 128 Å². The molecular formula is C52H97NO7P+. The fourth-order valence-corrected chi connectivity index (χ4v) is 7.46. The first-order chi connectivity index (χ1) is 29.6. The van der Waals surface area contributed by atoms with E-state index in [9.17, 15) is 14.3 Å². The predicted octanol–water partition coefficient (Wildman–Crippen LogP) is 15.3. The second-order valence-electron chi connectivity index (χ2n) is 17.8. The smallest absolute Gasteiger partial charge is 0.457 e. The summed E-state index contributed by atoms with van der Waals surface area (Å²) in [6.07, 6.45) is 57.1. The van der Waals surface area contributed by atoms with Crippen molar-refractivity contribution in [1.82, 2.24) is 0 Å². The molecule has 0 heterocycles. The number of allylic oxidation sites excluding steroid dienone is 10. The lowest BCUT2D eigenvalue weighted by Crippen LogP contribution is -2.37. The average molecular weight is 879 g/mol. The van der Waals surface area contributed by atoms with E-state index in [1.807, 2.05) is 21.1 Å². The maximum Gasteiger partial charge on any atom is 0.472 e. The summed E-state index contributed by atoms with van der Waals surface area (Å²) in [5.74, 6) is -0.353. The van der Waals surface area contributed by atoms with Gasteiger partial charge in [-0.2, -0.15) is 0 Å². The number of rotatable bonds is 46. The van der Waals surface area contributed by atoms with Crippen molar-refractivity contribution in [3.8, 4) is 0 Å². The fraction of sp³-hybridized carbons (Fsp3) is 0.788. The number of unbranched alkanes of at least 4 members (excludes halogenated alkanes) is 22. The Morgan fingerprint density at radius 2 is 0.951 bits per heavy atom. The lowest BCUT2D eigenvalue weighted by atomic mass is 10.0. The molecular weight excluding hydrogens is 782 g/mol. The molecule has 0 saturated heterocycles. The highest BCUT2D eigenvalue weighted by Crippen LogP contribution is 2.43. The Bertz CT molecular complexity index is 1160. The molecule has 8 nitrogen and oxygen atoms in total. The maximum absolute atomic E-state index is 12.7. The van der Waals surface area contributed by atoms with Crippen LogP contribution in [-0.4, -0.2) is 75.6 Å². The molecule has 0 aliphatic rings. The molecule has 0 aromatic carbocycles. The molecule has 0 saturated carbocycles. The number of esters is 1. The summed E-state index contributed by atoms with van der Waals surface area (Å²) >= 11 is 0. The highest BCUT2D eigenvalue weighted by Gasteiger charge is 2.26. The third kappa shape index (κ3) is 49.1. The lowest BCUT2D eigenvalue weighted by Gasteiger charge is -2.24. The number of hydrogen-bond donors (Lipinski definition) is 1. The summed E-state index contributed by atoms with van der Waals surface area (Å²) in [6.45, 7) is 5.46. The van der Waals surface area contributed by atoms with Gasteiger partial charge in [-0.05, 0) is 77.0 Å². The summed E-state index contributed by atoms with van der Waals surface area (Å²) in [5.41, 5.74) is 0. The fourth-order valence-electron chi connectivity index (χ4n) is 6.72. The molecule has 356 valence electrons. The van der Waals surface area contributed by atoms with Crippen LogP contribution in [0.25, 0.3) is 0 Å². The van der Waals surface area contributed by atoms with E-state index in [0.717, 1.165) is 51.4 Å². The van der Waals surface area contributed by atoms with Gasteiger partial charge in [0.2, 0.25) is 0 Å². The molecule has 0 radical (unpaired) electrons. The minimum absolute atomic E-state index is 0.0786. The molecule has 0 aromatic rings. The Morgan fingerprint density at radius 1 is 0.525 bits per heavy atom. The van der Waals surface area contributed by atoms with Crippen molar-refractivity contribution >= 4 is 13.8 Å². The Morgan fingerprint density at radius 3 is 1.44 bits per heavy atom. The molecule has 0 aliphatic carbocycles. The van der Waals surface area contributed by atoms with Gasteiger partial charge < -0.3 is 18.9 Å². The van der Waals surface area contributed by atoms with Gasteiger partial charge in [-0.15, -0.1) is 0 Å². The summed E-state index contributed by atoms with van der Waals surface area (Å²) in [6, 6.07) is 0. The molecule has 0 aromatic heterocycles. The number of phosphoric ester groups is 1. The second-order valence-corrected chi connectivity index (χ2v) is 19.3. The molecule has 0 bridgehead atoms. The van der Waals surface area contributed by atoms with Crippen LogP contribution in [0, 0.1) is 0 Å². The first-order valence-corrected chi connectivity index (χ1v) is 26.5. The maximum atomic E-state index is 12.7. The van der Waals surface area contributed by atoms with Gasteiger partial charge in [0.05, 0.1) is 34.4 Å². The number of ether oxygens (including phenoxy) is 2. The molecule has 0 amide bonds. The van der Waals surface area contributed by atoms with Crippen LogP contribution in [0.15, 0.2) is 60.8 Å². The Labute approximate surface area is 377 Å². The standard InChI is InChI=1S/C52H96NO7P/c1-6-8-10-12-14-16-18-20-22-23-24-25-26-27-28-29-30-32-34-36-38-40-42-44-47-57-49-51(50-59-61(55,56)58-48-46-53(3,4)5)60-52(54)45-43-41-39-37-35-33-31-21-19-17-15-13-11-9-7-2/h9,11,15,17,21,23-24,31,35,37,51H,6-8,10,12-14,16,18-20,22,25-30,32-34,36,38-50H2,1-5H3/p+1/b11-9-,17-15-,24-23-,31-21-,37-35-. The van der Waals surface area contributed by atoms with E-state index in [2.05, 4.69) is 74.6 Å². The number of carbonyl (C=O) groups excluding carboxylic acids is 1. The average Bonchev–Trinajstić information content (AvgIpc) is 3.22. The summed E-state index contributed by atoms with van der Waals surface area (Å²) in [5, 5.41) is 0. The summed E-state index contributed by atoms with van der Waals surface area (Å²) in [4.78, 5) is 22.9. The van der Waals surface area contributed by atoms with Crippen LogP contribution in [0.3, 0.4) is 0 Å². The number of quaternary nitrogens is 1. The zero-order chi connectivity index (χ0) is 44.8. The third-order valence-corrected chi connectivity index (χ3v) is 11.5. The number of likely N-dealkylation sites (N-methyl/N-ethyl adjacent to an activating group) is 1. The van der Waals surface area contributed by atoms with Gasteiger partial charge in [0.25, 0.3) is 0 Å². The van der Waals surface area contributed by atoms with E-state index in [4.69, 9.17) is 18.5 Å². The molecule has 2 unspecified atom stereocenters. The summed E-state index contributed by atoms with van der Waals surface area (Å²) in [7, 11) is 1.64. The Hall–Kier alpha value is -1.80. The normalized spacial score (nSPS) is 14.1. The minimum atomic E-state index is -4.29. The molecule has 2 atom stereocenters. The van der Waals surface area contributed by atoms with Crippen molar-refractivity contribution in [2.45, 2.75) is 213 Å². The highest BCUT2D eigenvalue weighted by molar-refractivity contribution is 7.47. The number of carbonyl (C=O) groups is 1. The molecule has 9 heteroatoms. The van der Waals surface area contributed by atoms with Gasteiger partial charge in [0, 0.05) is 13.0 Å². The first kappa shape index (κ1) is 59.2. The van der Waals surface area contributed by atoms with Gasteiger partial charge in [-0.25, -0.2) is 4.57 Å². The van der Waals surface area contributed by atoms with E-state index >= 15 is 0 Å². The van der Waals surface area contributed by atoms with Gasteiger partial charge in [-0.1, -0.05) is 184 Å².